The summed E-state index contributed by atoms with van der Waals surface area (Å²) in [5.74, 6) is -1.05. The van der Waals surface area contributed by atoms with Gasteiger partial charge in [-0.15, -0.1) is 0 Å². The van der Waals surface area contributed by atoms with Crippen molar-refractivity contribution in [1.29, 1.82) is 0 Å². The van der Waals surface area contributed by atoms with Crippen LogP contribution in [0, 0.1) is 0 Å². The fourth-order valence-corrected chi connectivity index (χ4v) is 2.10. The van der Waals surface area contributed by atoms with Crippen LogP contribution in [-0.4, -0.2) is 45.6 Å². The van der Waals surface area contributed by atoms with Gasteiger partial charge in [0.05, 0.1) is 5.56 Å². The molecule has 0 unspecified atom stereocenters. The number of phenols is 2. The third-order valence-electron chi connectivity index (χ3n) is 3.31. The number of phenolic OH excluding ortho intramolecular Hbond substituents is 2. The molecule has 2 rings (SSSR count). The van der Waals surface area contributed by atoms with Crippen LogP contribution in [0.15, 0.2) is 18.2 Å². The summed E-state index contributed by atoms with van der Waals surface area (Å²) in [5, 5.41) is 21.8. The zero-order valence-electron chi connectivity index (χ0n) is 10.8. The van der Waals surface area contributed by atoms with Gasteiger partial charge in [-0.1, -0.05) is 0 Å². The second-order valence-corrected chi connectivity index (χ2v) is 4.97. The molecule has 1 saturated heterocycles. The standard InChI is InChI=1S/C13H16N2O4/c1-13(2)12(19)14-5-6-15(13)11(18)9-7-8(16)3-4-10(9)17/h3-4,7,16-17H,5-6H2,1-2H3,(H,14,19). The first kappa shape index (κ1) is 13.2. The van der Waals surface area contributed by atoms with E-state index in [1.54, 1.807) is 13.8 Å². The summed E-state index contributed by atoms with van der Waals surface area (Å²) >= 11 is 0. The summed E-state index contributed by atoms with van der Waals surface area (Å²) in [5.41, 5.74) is -1.00. The van der Waals surface area contributed by atoms with E-state index in [1.165, 1.54) is 23.1 Å². The Morgan fingerprint density at radius 2 is 2.05 bits per heavy atom. The van der Waals surface area contributed by atoms with E-state index in [-0.39, 0.29) is 23.0 Å². The van der Waals surface area contributed by atoms with Crippen molar-refractivity contribution in [2.24, 2.45) is 0 Å². The third-order valence-corrected chi connectivity index (χ3v) is 3.31. The Kier molecular flexibility index (Phi) is 3.09. The van der Waals surface area contributed by atoms with Crippen molar-refractivity contribution in [2.75, 3.05) is 13.1 Å². The molecule has 102 valence electrons. The Bertz CT molecular complexity index is 539. The highest BCUT2D eigenvalue weighted by molar-refractivity contribution is 6.01. The monoisotopic (exact) mass is 264 g/mol. The van der Waals surface area contributed by atoms with E-state index >= 15 is 0 Å². The normalized spacial score (nSPS) is 18.0. The zero-order valence-corrected chi connectivity index (χ0v) is 10.8. The molecule has 1 aliphatic heterocycles. The minimum atomic E-state index is -0.993. The summed E-state index contributed by atoms with van der Waals surface area (Å²) in [6.07, 6.45) is 0. The highest BCUT2D eigenvalue weighted by atomic mass is 16.3. The van der Waals surface area contributed by atoms with Gasteiger partial charge in [-0.3, -0.25) is 9.59 Å². The van der Waals surface area contributed by atoms with E-state index in [2.05, 4.69) is 5.32 Å². The molecule has 6 heteroatoms. The molecule has 0 saturated carbocycles. The summed E-state index contributed by atoms with van der Waals surface area (Å²) in [6, 6.07) is 3.74. The third kappa shape index (κ3) is 2.21. The van der Waals surface area contributed by atoms with E-state index < -0.39 is 11.4 Å². The van der Waals surface area contributed by atoms with E-state index in [4.69, 9.17) is 0 Å². The number of amides is 2. The quantitative estimate of drug-likeness (QED) is 0.642. The lowest BCUT2D eigenvalue weighted by Gasteiger charge is -2.41. The largest absolute Gasteiger partial charge is 0.508 e. The number of carbonyl (C=O) groups is 2. The van der Waals surface area contributed by atoms with Gasteiger partial charge < -0.3 is 20.4 Å². The molecule has 0 spiro atoms. The molecule has 0 bridgehead atoms. The predicted molar refractivity (Wildman–Crippen MR) is 67.9 cm³/mol. The molecule has 3 N–H and O–H groups in total. The number of rotatable bonds is 1. The topological polar surface area (TPSA) is 89.9 Å². The molecule has 6 nitrogen and oxygen atoms in total. The van der Waals surface area contributed by atoms with Crippen LogP contribution in [-0.2, 0) is 4.79 Å². The maximum absolute atomic E-state index is 12.4. The molecule has 1 fully saturated rings. The van der Waals surface area contributed by atoms with Crippen LogP contribution in [0.3, 0.4) is 0 Å². The van der Waals surface area contributed by atoms with Crippen molar-refractivity contribution in [2.45, 2.75) is 19.4 Å². The molecule has 1 heterocycles. The maximum Gasteiger partial charge on any atom is 0.258 e. The van der Waals surface area contributed by atoms with Gasteiger partial charge in [-0.2, -0.15) is 0 Å². The average molecular weight is 264 g/mol. The summed E-state index contributed by atoms with van der Waals surface area (Å²) in [4.78, 5) is 25.6. The van der Waals surface area contributed by atoms with Gasteiger partial charge in [0.25, 0.3) is 5.91 Å². The summed E-state index contributed by atoms with van der Waals surface area (Å²) < 4.78 is 0. The fourth-order valence-electron chi connectivity index (χ4n) is 2.10. The smallest absolute Gasteiger partial charge is 0.258 e. The Morgan fingerprint density at radius 1 is 1.37 bits per heavy atom. The van der Waals surface area contributed by atoms with E-state index in [1.807, 2.05) is 0 Å². The minimum absolute atomic E-state index is 0.0113. The second-order valence-electron chi connectivity index (χ2n) is 4.97. The molecule has 0 aliphatic carbocycles. The van der Waals surface area contributed by atoms with Crippen molar-refractivity contribution >= 4 is 11.8 Å². The lowest BCUT2D eigenvalue weighted by Crippen LogP contribution is -2.63. The molecule has 0 radical (unpaired) electrons. The second kappa shape index (κ2) is 4.46. The zero-order chi connectivity index (χ0) is 14.2. The number of hydrogen-bond donors (Lipinski definition) is 3. The Balaban J connectivity index is 2.38. The lowest BCUT2D eigenvalue weighted by molar-refractivity contribution is -0.133. The molecule has 0 aromatic heterocycles. The van der Waals surface area contributed by atoms with Crippen LogP contribution in [0.25, 0.3) is 0 Å². The molecule has 19 heavy (non-hydrogen) atoms. The highest BCUT2D eigenvalue weighted by Crippen LogP contribution is 2.27. The summed E-state index contributed by atoms with van der Waals surface area (Å²) in [7, 11) is 0. The van der Waals surface area contributed by atoms with Gasteiger partial charge in [0, 0.05) is 13.1 Å². The van der Waals surface area contributed by atoms with Crippen molar-refractivity contribution in [3.05, 3.63) is 23.8 Å². The number of aromatic hydroxyl groups is 2. The fraction of sp³-hybridized carbons (Fsp3) is 0.385. The molecule has 1 aromatic rings. The predicted octanol–water partition coefficient (Wildman–Crippen LogP) is 0.448. The SMILES string of the molecule is CC1(C)C(=O)NCCN1C(=O)c1cc(O)ccc1O. The number of piperazine rings is 1. The van der Waals surface area contributed by atoms with Crippen molar-refractivity contribution in [3.63, 3.8) is 0 Å². The molecule has 2 amide bonds. The Morgan fingerprint density at radius 3 is 2.74 bits per heavy atom. The number of hydrogen-bond acceptors (Lipinski definition) is 4. The lowest BCUT2D eigenvalue weighted by atomic mass is 9.97. The van der Waals surface area contributed by atoms with Gasteiger partial charge in [0.15, 0.2) is 0 Å². The number of nitrogens with zero attached hydrogens (tertiary/aromatic N) is 1. The molecule has 1 aliphatic rings. The van der Waals surface area contributed by atoms with E-state index in [0.29, 0.717) is 13.1 Å². The molecular weight excluding hydrogens is 248 g/mol. The molecular formula is C13H16N2O4. The Labute approximate surface area is 110 Å². The highest BCUT2D eigenvalue weighted by Gasteiger charge is 2.41. The number of nitrogens with one attached hydrogen (secondary N) is 1. The van der Waals surface area contributed by atoms with Gasteiger partial charge >= 0.3 is 0 Å². The maximum atomic E-state index is 12.4. The van der Waals surface area contributed by atoms with E-state index in [9.17, 15) is 19.8 Å². The van der Waals surface area contributed by atoms with Crippen LogP contribution < -0.4 is 5.32 Å². The average Bonchev–Trinajstić information content (AvgIpc) is 2.35. The first-order valence-corrected chi connectivity index (χ1v) is 5.96. The van der Waals surface area contributed by atoms with Gasteiger partial charge in [-0.05, 0) is 32.0 Å². The van der Waals surface area contributed by atoms with Gasteiger partial charge in [-0.25, -0.2) is 0 Å². The van der Waals surface area contributed by atoms with Crippen molar-refractivity contribution in [3.8, 4) is 11.5 Å². The van der Waals surface area contributed by atoms with Crippen LogP contribution in [0.1, 0.15) is 24.2 Å². The first-order chi connectivity index (χ1) is 8.84. The first-order valence-electron chi connectivity index (χ1n) is 5.96. The molecule has 1 aromatic carbocycles. The van der Waals surface area contributed by atoms with Crippen molar-refractivity contribution in [1.82, 2.24) is 10.2 Å². The van der Waals surface area contributed by atoms with Crippen LogP contribution in [0.2, 0.25) is 0 Å². The number of benzene rings is 1. The molecule has 0 atom stereocenters. The van der Waals surface area contributed by atoms with Crippen LogP contribution in [0.4, 0.5) is 0 Å². The minimum Gasteiger partial charge on any atom is -0.508 e. The van der Waals surface area contributed by atoms with Crippen molar-refractivity contribution < 1.29 is 19.8 Å². The van der Waals surface area contributed by atoms with E-state index in [0.717, 1.165) is 0 Å². The van der Waals surface area contributed by atoms with Crippen LogP contribution >= 0.6 is 0 Å². The Hall–Kier alpha value is -2.24. The number of carbonyl (C=O) groups excluding carboxylic acids is 2. The van der Waals surface area contributed by atoms with Gasteiger partial charge in [0.1, 0.15) is 17.0 Å². The van der Waals surface area contributed by atoms with Crippen LogP contribution in [0.5, 0.6) is 11.5 Å². The van der Waals surface area contributed by atoms with Gasteiger partial charge in [0.2, 0.25) is 5.91 Å². The summed E-state index contributed by atoms with van der Waals surface area (Å²) in [6.45, 7) is 4.00.